The van der Waals surface area contributed by atoms with Crippen LogP contribution in [0.4, 0.5) is 0 Å². The molecule has 1 aliphatic carbocycles. The quantitative estimate of drug-likeness (QED) is 0.671. The van der Waals surface area contributed by atoms with Crippen LogP contribution in [-0.4, -0.2) is 0 Å². The molecule has 0 spiro atoms. The lowest BCUT2D eigenvalue weighted by Gasteiger charge is -2.11. The fraction of sp³-hybridized carbons (Fsp3) is 0.125. The fourth-order valence-corrected chi connectivity index (χ4v) is 3.08. The molecule has 84 valence electrons. The second kappa shape index (κ2) is 4.15. The molecule has 0 N–H and O–H groups in total. The van der Waals surface area contributed by atoms with E-state index in [2.05, 4.69) is 71.4 Å². The van der Waals surface area contributed by atoms with E-state index >= 15 is 0 Å². The number of fused-ring (bicyclic) bond motifs is 1. The Bertz CT molecular complexity index is 582. The number of benzene rings is 2. The number of allylic oxidation sites excluding steroid dienone is 1. The Morgan fingerprint density at radius 2 is 1.76 bits per heavy atom. The molecule has 0 fully saturated rings. The molecule has 0 saturated carbocycles. The van der Waals surface area contributed by atoms with Crippen LogP contribution in [0.2, 0.25) is 0 Å². The highest BCUT2D eigenvalue weighted by Crippen LogP contribution is 2.39. The first-order valence-corrected chi connectivity index (χ1v) is 6.62. The molecule has 0 saturated heterocycles. The standard InChI is InChI=1S/C16H13Br/c1-11-7-8-15-13(11)9-10-14(16(15)17)12-5-3-2-4-6-12/h2-11H,1H3. The molecule has 1 unspecified atom stereocenters. The van der Waals surface area contributed by atoms with Crippen molar-refractivity contribution in [2.24, 2.45) is 0 Å². The molecule has 3 rings (SSSR count). The predicted molar refractivity (Wildman–Crippen MR) is 77.0 cm³/mol. The van der Waals surface area contributed by atoms with Crippen LogP contribution >= 0.6 is 15.9 Å². The third-order valence-corrected chi connectivity index (χ3v) is 4.19. The second-order valence-electron chi connectivity index (χ2n) is 4.44. The number of hydrogen-bond donors (Lipinski definition) is 0. The SMILES string of the molecule is CC1C=Cc2c1ccc(-c1ccccc1)c2Br. The Labute approximate surface area is 110 Å². The molecule has 1 heteroatoms. The monoisotopic (exact) mass is 284 g/mol. The van der Waals surface area contributed by atoms with Crippen LogP contribution in [0.1, 0.15) is 24.0 Å². The van der Waals surface area contributed by atoms with E-state index < -0.39 is 0 Å². The Hall–Kier alpha value is -1.34. The van der Waals surface area contributed by atoms with Crippen LogP contribution in [0.3, 0.4) is 0 Å². The van der Waals surface area contributed by atoms with Crippen LogP contribution in [-0.2, 0) is 0 Å². The van der Waals surface area contributed by atoms with Gasteiger partial charge in [-0.3, -0.25) is 0 Å². The van der Waals surface area contributed by atoms with Crippen molar-refractivity contribution in [3.63, 3.8) is 0 Å². The molecular formula is C16H13Br. The lowest BCUT2D eigenvalue weighted by molar-refractivity contribution is 0.989. The Kier molecular flexibility index (Phi) is 2.64. The van der Waals surface area contributed by atoms with Gasteiger partial charge in [0.2, 0.25) is 0 Å². The average molecular weight is 285 g/mol. The summed E-state index contributed by atoms with van der Waals surface area (Å²) < 4.78 is 1.21. The first-order valence-electron chi connectivity index (χ1n) is 5.83. The first kappa shape index (κ1) is 10.8. The van der Waals surface area contributed by atoms with Crippen molar-refractivity contribution in [2.45, 2.75) is 12.8 Å². The van der Waals surface area contributed by atoms with Crippen molar-refractivity contribution >= 4 is 22.0 Å². The van der Waals surface area contributed by atoms with Gasteiger partial charge in [0.15, 0.2) is 0 Å². The molecule has 0 aromatic heterocycles. The smallest absolute Gasteiger partial charge is 0.0329 e. The minimum atomic E-state index is 0.533. The van der Waals surface area contributed by atoms with Crippen LogP contribution in [0.25, 0.3) is 17.2 Å². The highest BCUT2D eigenvalue weighted by atomic mass is 79.9. The molecule has 0 nitrogen and oxygen atoms in total. The zero-order valence-electron chi connectivity index (χ0n) is 9.65. The fourth-order valence-electron chi connectivity index (χ4n) is 2.36. The Balaban J connectivity index is 2.19. The van der Waals surface area contributed by atoms with Gasteiger partial charge in [0, 0.05) is 4.47 Å². The Morgan fingerprint density at radius 1 is 1.00 bits per heavy atom. The van der Waals surface area contributed by atoms with E-state index in [4.69, 9.17) is 0 Å². The molecule has 1 atom stereocenters. The van der Waals surface area contributed by atoms with Gasteiger partial charge in [-0.25, -0.2) is 0 Å². The average Bonchev–Trinajstić information content (AvgIpc) is 2.74. The van der Waals surface area contributed by atoms with Crippen molar-refractivity contribution in [3.05, 3.63) is 64.1 Å². The summed E-state index contributed by atoms with van der Waals surface area (Å²) in [5.74, 6) is 0.533. The molecule has 2 aromatic rings. The lowest BCUT2D eigenvalue weighted by Crippen LogP contribution is -1.90. The van der Waals surface area contributed by atoms with Gasteiger partial charge in [-0.2, -0.15) is 0 Å². The van der Waals surface area contributed by atoms with Crippen molar-refractivity contribution in [3.8, 4) is 11.1 Å². The number of rotatable bonds is 1. The molecule has 0 amide bonds. The normalized spacial score (nSPS) is 17.2. The van der Waals surface area contributed by atoms with E-state index in [0.717, 1.165) is 0 Å². The van der Waals surface area contributed by atoms with Crippen LogP contribution in [0.15, 0.2) is 53.0 Å². The molecule has 2 aromatic carbocycles. The molecular weight excluding hydrogens is 272 g/mol. The van der Waals surface area contributed by atoms with Crippen molar-refractivity contribution in [2.75, 3.05) is 0 Å². The van der Waals surface area contributed by atoms with Gasteiger partial charge in [-0.1, -0.05) is 61.5 Å². The van der Waals surface area contributed by atoms with Crippen molar-refractivity contribution < 1.29 is 0 Å². The zero-order valence-corrected chi connectivity index (χ0v) is 11.2. The topological polar surface area (TPSA) is 0 Å². The summed E-state index contributed by atoms with van der Waals surface area (Å²) in [4.78, 5) is 0. The van der Waals surface area contributed by atoms with E-state index in [1.807, 2.05) is 6.07 Å². The van der Waals surface area contributed by atoms with Gasteiger partial charge in [0.1, 0.15) is 0 Å². The van der Waals surface area contributed by atoms with Crippen LogP contribution in [0.5, 0.6) is 0 Å². The number of halogens is 1. The number of hydrogen-bond acceptors (Lipinski definition) is 0. The van der Waals surface area contributed by atoms with E-state index in [0.29, 0.717) is 5.92 Å². The first-order chi connectivity index (χ1) is 8.27. The van der Waals surface area contributed by atoms with E-state index in [9.17, 15) is 0 Å². The minimum Gasteiger partial charge on any atom is -0.0766 e. The van der Waals surface area contributed by atoms with E-state index in [1.54, 1.807) is 0 Å². The summed E-state index contributed by atoms with van der Waals surface area (Å²) in [7, 11) is 0. The predicted octanol–water partition coefficient (Wildman–Crippen LogP) is 5.25. The molecule has 0 radical (unpaired) electrons. The minimum absolute atomic E-state index is 0.533. The summed E-state index contributed by atoms with van der Waals surface area (Å²) >= 11 is 3.75. The summed E-state index contributed by atoms with van der Waals surface area (Å²) in [5.41, 5.74) is 5.27. The largest absolute Gasteiger partial charge is 0.0766 e. The van der Waals surface area contributed by atoms with Gasteiger partial charge < -0.3 is 0 Å². The summed E-state index contributed by atoms with van der Waals surface area (Å²) in [6, 6.07) is 15.0. The maximum absolute atomic E-state index is 3.75. The van der Waals surface area contributed by atoms with Crippen molar-refractivity contribution in [1.29, 1.82) is 0 Å². The Morgan fingerprint density at radius 3 is 2.53 bits per heavy atom. The molecule has 0 heterocycles. The van der Waals surface area contributed by atoms with Gasteiger partial charge in [-0.05, 0) is 44.1 Å². The third kappa shape index (κ3) is 1.75. The van der Waals surface area contributed by atoms with Crippen molar-refractivity contribution in [1.82, 2.24) is 0 Å². The van der Waals surface area contributed by atoms with E-state index in [1.165, 1.54) is 26.7 Å². The third-order valence-electron chi connectivity index (χ3n) is 3.34. The summed E-state index contributed by atoms with van der Waals surface area (Å²) in [6.07, 6.45) is 4.47. The van der Waals surface area contributed by atoms with Crippen LogP contribution in [0, 0.1) is 0 Å². The van der Waals surface area contributed by atoms with E-state index in [-0.39, 0.29) is 0 Å². The van der Waals surface area contributed by atoms with Gasteiger partial charge in [0.05, 0.1) is 0 Å². The summed E-state index contributed by atoms with van der Waals surface area (Å²) in [5, 5.41) is 0. The maximum Gasteiger partial charge on any atom is 0.0329 e. The molecule has 1 aliphatic rings. The highest BCUT2D eigenvalue weighted by Gasteiger charge is 2.17. The highest BCUT2D eigenvalue weighted by molar-refractivity contribution is 9.10. The van der Waals surface area contributed by atoms with Gasteiger partial charge in [-0.15, -0.1) is 0 Å². The molecule has 17 heavy (non-hydrogen) atoms. The lowest BCUT2D eigenvalue weighted by atomic mass is 9.97. The molecule has 0 bridgehead atoms. The molecule has 0 aliphatic heterocycles. The zero-order chi connectivity index (χ0) is 11.8. The second-order valence-corrected chi connectivity index (χ2v) is 5.24. The maximum atomic E-state index is 3.75. The van der Waals surface area contributed by atoms with Gasteiger partial charge in [0.25, 0.3) is 0 Å². The van der Waals surface area contributed by atoms with Gasteiger partial charge >= 0.3 is 0 Å². The summed E-state index contributed by atoms with van der Waals surface area (Å²) in [6.45, 7) is 2.23. The van der Waals surface area contributed by atoms with Crippen LogP contribution < -0.4 is 0 Å².